The predicted octanol–water partition coefficient (Wildman–Crippen LogP) is 3.25. The molecule has 3 nitrogen and oxygen atoms in total. The van der Waals surface area contributed by atoms with Crippen molar-refractivity contribution in [1.82, 2.24) is 5.32 Å². The minimum Gasteiger partial charge on any atom is -0.508 e. The van der Waals surface area contributed by atoms with Crippen LogP contribution in [-0.2, 0) is 4.74 Å². The number of phenols is 1. The molecule has 0 radical (unpaired) electrons. The Balaban J connectivity index is 1.80. The molecule has 2 N–H and O–H groups in total. The van der Waals surface area contributed by atoms with Crippen molar-refractivity contribution in [3.8, 4) is 5.75 Å². The second-order valence-electron chi connectivity index (χ2n) is 5.63. The lowest BCUT2D eigenvalue weighted by Crippen LogP contribution is -2.46. The van der Waals surface area contributed by atoms with Gasteiger partial charge in [-0.25, -0.2) is 0 Å². The molecule has 2 aromatic rings. The number of hydrogen-bond acceptors (Lipinski definition) is 3. The summed E-state index contributed by atoms with van der Waals surface area (Å²) in [6, 6.07) is 18.5. The molecule has 1 unspecified atom stereocenters. The van der Waals surface area contributed by atoms with Crippen molar-refractivity contribution in [2.75, 3.05) is 7.11 Å². The van der Waals surface area contributed by atoms with Crippen molar-refractivity contribution in [3.63, 3.8) is 0 Å². The Morgan fingerprint density at radius 3 is 2.24 bits per heavy atom. The van der Waals surface area contributed by atoms with E-state index in [0.717, 1.165) is 12.8 Å². The highest BCUT2D eigenvalue weighted by molar-refractivity contribution is 5.35. The van der Waals surface area contributed by atoms with Crippen LogP contribution in [0.1, 0.15) is 30.0 Å². The number of rotatable bonds is 5. The molecule has 1 fully saturated rings. The smallest absolute Gasteiger partial charge is 0.115 e. The van der Waals surface area contributed by atoms with E-state index in [1.807, 2.05) is 18.2 Å². The highest BCUT2D eigenvalue weighted by atomic mass is 16.5. The van der Waals surface area contributed by atoms with E-state index >= 15 is 0 Å². The largest absolute Gasteiger partial charge is 0.508 e. The van der Waals surface area contributed by atoms with Crippen molar-refractivity contribution in [3.05, 3.63) is 65.7 Å². The molecule has 0 saturated heterocycles. The van der Waals surface area contributed by atoms with Crippen LogP contribution in [0, 0.1) is 0 Å². The molecule has 0 aromatic heterocycles. The maximum absolute atomic E-state index is 9.48. The summed E-state index contributed by atoms with van der Waals surface area (Å²) >= 11 is 0. The Labute approximate surface area is 125 Å². The van der Waals surface area contributed by atoms with Gasteiger partial charge in [-0.3, -0.25) is 0 Å². The van der Waals surface area contributed by atoms with Gasteiger partial charge in [0.15, 0.2) is 0 Å². The molecule has 0 aliphatic heterocycles. The number of ether oxygens (including phenoxy) is 1. The van der Waals surface area contributed by atoms with E-state index < -0.39 is 0 Å². The highest BCUT2D eigenvalue weighted by Gasteiger charge is 2.31. The van der Waals surface area contributed by atoms with Gasteiger partial charge < -0.3 is 15.2 Å². The standard InChI is InChI=1S/C18H21NO2/c1-21-17-11-15(12-17)19-18(13-5-3-2-4-6-13)14-7-9-16(20)10-8-14/h2-10,15,17-20H,11-12H2,1H3. The average Bonchev–Trinajstić information content (AvgIpc) is 2.48. The SMILES string of the molecule is COC1CC(NC(c2ccccc2)c2ccc(O)cc2)C1. The van der Waals surface area contributed by atoms with E-state index in [1.54, 1.807) is 19.2 Å². The molecular weight excluding hydrogens is 262 g/mol. The van der Waals surface area contributed by atoms with Gasteiger partial charge in [0.25, 0.3) is 0 Å². The van der Waals surface area contributed by atoms with E-state index in [1.165, 1.54) is 11.1 Å². The van der Waals surface area contributed by atoms with Crippen molar-refractivity contribution >= 4 is 0 Å². The van der Waals surface area contributed by atoms with Gasteiger partial charge in [0.1, 0.15) is 5.75 Å². The first-order chi connectivity index (χ1) is 10.3. The lowest BCUT2D eigenvalue weighted by atomic mass is 9.87. The van der Waals surface area contributed by atoms with Crippen LogP contribution in [0.3, 0.4) is 0 Å². The van der Waals surface area contributed by atoms with Crippen LogP contribution in [0.2, 0.25) is 0 Å². The summed E-state index contributed by atoms with van der Waals surface area (Å²) in [6.45, 7) is 0. The maximum atomic E-state index is 9.48. The zero-order chi connectivity index (χ0) is 14.7. The molecule has 1 aliphatic rings. The fourth-order valence-corrected chi connectivity index (χ4v) is 2.83. The van der Waals surface area contributed by atoms with Crippen LogP contribution < -0.4 is 5.32 Å². The fourth-order valence-electron chi connectivity index (χ4n) is 2.83. The molecule has 110 valence electrons. The number of benzene rings is 2. The van der Waals surface area contributed by atoms with Crippen molar-refractivity contribution < 1.29 is 9.84 Å². The van der Waals surface area contributed by atoms with Crippen LogP contribution >= 0.6 is 0 Å². The summed E-state index contributed by atoms with van der Waals surface area (Å²) in [5.41, 5.74) is 2.41. The summed E-state index contributed by atoms with van der Waals surface area (Å²) in [5, 5.41) is 13.2. The number of hydrogen-bond donors (Lipinski definition) is 2. The summed E-state index contributed by atoms with van der Waals surface area (Å²) in [6.07, 6.45) is 2.49. The van der Waals surface area contributed by atoms with Gasteiger partial charge in [0.05, 0.1) is 12.1 Å². The zero-order valence-corrected chi connectivity index (χ0v) is 12.2. The molecule has 21 heavy (non-hydrogen) atoms. The normalized spacial score (nSPS) is 22.5. The molecule has 1 saturated carbocycles. The van der Waals surface area contributed by atoms with Crippen LogP contribution in [0.25, 0.3) is 0 Å². The van der Waals surface area contributed by atoms with Crippen LogP contribution in [0.15, 0.2) is 54.6 Å². The Morgan fingerprint density at radius 2 is 1.62 bits per heavy atom. The Bertz CT molecular complexity index is 562. The Kier molecular flexibility index (Phi) is 4.23. The van der Waals surface area contributed by atoms with Crippen LogP contribution in [-0.4, -0.2) is 24.4 Å². The second kappa shape index (κ2) is 6.29. The minimum absolute atomic E-state index is 0.148. The third-order valence-corrected chi connectivity index (χ3v) is 4.19. The Morgan fingerprint density at radius 1 is 1.00 bits per heavy atom. The zero-order valence-electron chi connectivity index (χ0n) is 12.2. The van der Waals surface area contributed by atoms with Crippen molar-refractivity contribution in [2.45, 2.75) is 31.0 Å². The van der Waals surface area contributed by atoms with E-state index in [-0.39, 0.29) is 6.04 Å². The number of nitrogens with one attached hydrogen (secondary N) is 1. The van der Waals surface area contributed by atoms with Gasteiger partial charge in [-0.1, -0.05) is 42.5 Å². The third-order valence-electron chi connectivity index (χ3n) is 4.19. The van der Waals surface area contributed by atoms with E-state index in [9.17, 15) is 5.11 Å². The molecule has 0 spiro atoms. The first kappa shape index (κ1) is 14.1. The first-order valence-corrected chi connectivity index (χ1v) is 7.39. The number of methoxy groups -OCH3 is 1. The maximum Gasteiger partial charge on any atom is 0.115 e. The fraction of sp³-hybridized carbons (Fsp3) is 0.333. The van der Waals surface area contributed by atoms with Gasteiger partial charge in [-0.2, -0.15) is 0 Å². The van der Waals surface area contributed by atoms with Crippen LogP contribution in [0.4, 0.5) is 0 Å². The molecule has 2 aromatic carbocycles. The first-order valence-electron chi connectivity index (χ1n) is 7.39. The van der Waals surface area contributed by atoms with Crippen LogP contribution in [0.5, 0.6) is 5.75 Å². The highest BCUT2D eigenvalue weighted by Crippen LogP contribution is 2.29. The summed E-state index contributed by atoms with van der Waals surface area (Å²) in [7, 11) is 1.77. The third kappa shape index (κ3) is 3.26. The summed E-state index contributed by atoms with van der Waals surface area (Å²) in [5.74, 6) is 0.300. The molecule has 1 aliphatic carbocycles. The molecule has 3 heteroatoms. The summed E-state index contributed by atoms with van der Waals surface area (Å²) in [4.78, 5) is 0. The van der Waals surface area contributed by atoms with Gasteiger partial charge >= 0.3 is 0 Å². The van der Waals surface area contributed by atoms with E-state index in [4.69, 9.17) is 4.74 Å². The lowest BCUT2D eigenvalue weighted by Gasteiger charge is -2.37. The Hall–Kier alpha value is -1.84. The minimum atomic E-state index is 0.148. The van der Waals surface area contributed by atoms with Crippen molar-refractivity contribution in [1.29, 1.82) is 0 Å². The summed E-state index contributed by atoms with van der Waals surface area (Å²) < 4.78 is 5.35. The van der Waals surface area contributed by atoms with Gasteiger partial charge in [-0.15, -0.1) is 0 Å². The molecule has 1 atom stereocenters. The van der Waals surface area contributed by atoms with Crippen molar-refractivity contribution in [2.24, 2.45) is 0 Å². The topological polar surface area (TPSA) is 41.5 Å². The monoisotopic (exact) mass is 283 g/mol. The molecule has 0 amide bonds. The van der Waals surface area contributed by atoms with E-state index in [2.05, 4.69) is 29.6 Å². The predicted molar refractivity (Wildman–Crippen MR) is 83.3 cm³/mol. The second-order valence-corrected chi connectivity index (χ2v) is 5.63. The quantitative estimate of drug-likeness (QED) is 0.885. The molecule has 0 heterocycles. The number of aromatic hydroxyl groups is 1. The number of phenolic OH excluding ortho intramolecular Hbond substituents is 1. The van der Waals surface area contributed by atoms with Gasteiger partial charge in [0, 0.05) is 13.2 Å². The van der Waals surface area contributed by atoms with Gasteiger partial charge in [0.2, 0.25) is 0 Å². The average molecular weight is 283 g/mol. The van der Waals surface area contributed by atoms with E-state index in [0.29, 0.717) is 17.9 Å². The molecular formula is C18H21NO2. The lowest BCUT2D eigenvalue weighted by molar-refractivity contribution is 0.0154. The molecule has 3 rings (SSSR count). The van der Waals surface area contributed by atoms with Gasteiger partial charge in [-0.05, 0) is 36.1 Å². The molecule has 0 bridgehead atoms.